The fourth-order valence-corrected chi connectivity index (χ4v) is 2.21. The third-order valence-electron chi connectivity index (χ3n) is 3.19. The molecule has 0 aliphatic heterocycles. The van der Waals surface area contributed by atoms with Gasteiger partial charge >= 0.3 is 0 Å². The largest absolute Gasteiger partial charge is 0.399 e. The number of anilines is 1. The number of nitrogens with one attached hydrogen (secondary N) is 1. The van der Waals surface area contributed by atoms with Crippen molar-refractivity contribution in [2.75, 3.05) is 5.73 Å². The maximum Gasteiger partial charge on any atom is 0.251 e. The first-order valence-electron chi connectivity index (χ1n) is 6.01. The van der Waals surface area contributed by atoms with Crippen LogP contribution >= 0.6 is 0 Å². The van der Waals surface area contributed by atoms with E-state index < -0.39 is 6.10 Å². The second kappa shape index (κ2) is 5.19. The number of aliphatic hydroxyl groups is 1. The lowest BCUT2D eigenvalue weighted by atomic mass is 9.92. The van der Waals surface area contributed by atoms with Crippen molar-refractivity contribution < 1.29 is 9.90 Å². The Labute approximate surface area is 101 Å². The summed E-state index contributed by atoms with van der Waals surface area (Å²) in [4.78, 5) is 11.9. The molecule has 2 atom stereocenters. The zero-order valence-corrected chi connectivity index (χ0v) is 9.73. The van der Waals surface area contributed by atoms with E-state index in [-0.39, 0.29) is 11.9 Å². The van der Waals surface area contributed by atoms with Crippen molar-refractivity contribution in [2.45, 2.75) is 37.8 Å². The van der Waals surface area contributed by atoms with Crippen molar-refractivity contribution >= 4 is 11.6 Å². The van der Waals surface area contributed by atoms with Gasteiger partial charge in [0.2, 0.25) is 0 Å². The minimum atomic E-state index is -0.422. The highest BCUT2D eigenvalue weighted by Gasteiger charge is 2.24. The van der Waals surface area contributed by atoms with Gasteiger partial charge in [-0.25, -0.2) is 0 Å². The Morgan fingerprint density at radius 3 is 2.82 bits per heavy atom. The molecule has 0 aromatic heterocycles. The van der Waals surface area contributed by atoms with Crippen molar-refractivity contribution in [2.24, 2.45) is 0 Å². The number of carbonyl (C=O) groups excluding carboxylic acids is 1. The van der Waals surface area contributed by atoms with Crippen LogP contribution in [0.15, 0.2) is 24.3 Å². The van der Waals surface area contributed by atoms with Gasteiger partial charge in [0.1, 0.15) is 0 Å². The molecule has 4 heteroatoms. The third-order valence-corrected chi connectivity index (χ3v) is 3.19. The first-order valence-corrected chi connectivity index (χ1v) is 6.01. The molecule has 4 nitrogen and oxygen atoms in total. The average Bonchev–Trinajstić information content (AvgIpc) is 2.32. The van der Waals surface area contributed by atoms with E-state index in [0.717, 1.165) is 25.7 Å². The van der Waals surface area contributed by atoms with Crippen molar-refractivity contribution in [1.82, 2.24) is 5.32 Å². The van der Waals surface area contributed by atoms with Crippen LogP contribution in [0, 0.1) is 0 Å². The number of benzene rings is 1. The summed E-state index contributed by atoms with van der Waals surface area (Å²) < 4.78 is 0. The quantitative estimate of drug-likeness (QED) is 0.675. The second-order valence-corrected chi connectivity index (χ2v) is 4.56. The number of nitrogen functional groups attached to an aromatic ring is 1. The Hall–Kier alpha value is -1.55. The number of carbonyl (C=O) groups is 1. The third kappa shape index (κ3) is 2.97. The van der Waals surface area contributed by atoms with E-state index >= 15 is 0 Å². The van der Waals surface area contributed by atoms with E-state index in [9.17, 15) is 9.90 Å². The van der Waals surface area contributed by atoms with Gasteiger partial charge in [-0.2, -0.15) is 0 Å². The van der Waals surface area contributed by atoms with Gasteiger partial charge in [0.15, 0.2) is 0 Å². The molecule has 1 aromatic carbocycles. The van der Waals surface area contributed by atoms with Gasteiger partial charge in [0.25, 0.3) is 5.91 Å². The summed E-state index contributed by atoms with van der Waals surface area (Å²) in [5.41, 5.74) is 6.74. The highest BCUT2D eigenvalue weighted by atomic mass is 16.3. The Balaban J connectivity index is 2.01. The molecule has 1 fully saturated rings. The van der Waals surface area contributed by atoms with E-state index in [1.54, 1.807) is 24.3 Å². The maximum atomic E-state index is 11.9. The molecule has 92 valence electrons. The lowest BCUT2D eigenvalue weighted by molar-refractivity contribution is 0.0717. The van der Waals surface area contributed by atoms with E-state index in [2.05, 4.69) is 5.32 Å². The normalized spacial score (nSPS) is 24.3. The number of nitrogens with two attached hydrogens (primary N) is 1. The molecule has 1 aromatic rings. The van der Waals surface area contributed by atoms with E-state index in [1.807, 2.05) is 0 Å². The number of hydrogen-bond acceptors (Lipinski definition) is 3. The van der Waals surface area contributed by atoms with Crippen LogP contribution in [0.4, 0.5) is 5.69 Å². The van der Waals surface area contributed by atoms with Crippen molar-refractivity contribution in [3.8, 4) is 0 Å². The van der Waals surface area contributed by atoms with Crippen LogP contribution in [0.5, 0.6) is 0 Å². The van der Waals surface area contributed by atoms with Crippen LogP contribution in [0.3, 0.4) is 0 Å². The summed E-state index contributed by atoms with van der Waals surface area (Å²) in [6.07, 6.45) is 3.27. The van der Waals surface area contributed by atoms with Gasteiger partial charge in [-0.3, -0.25) is 4.79 Å². The smallest absolute Gasteiger partial charge is 0.251 e. The zero-order valence-electron chi connectivity index (χ0n) is 9.73. The Bertz CT molecular complexity index is 406. The highest BCUT2D eigenvalue weighted by Crippen LogP contribution is 2.19. The fourth-order valence-electron chi connectivity index (χ4n) is 2.21. The SMILES string of the molecule is Nc1cccc(C(=O)N[C@@H]2CCCC[C@H]2O)c1. The maximum absolute atomic E-state index is 11.9. The molecule has 1 aliphatic rings. The van der Waals surface area contributed by atoms with Crippen LogP contribution in [-0.4, -0.2) is 23.2 Å². The molecule has 0 spiro atoms. The van der Waals surface area contributed by atoms with Crippen LogP contribution in [0.25, 0.3) is 0 Å². The van der Waals surface area contributed by atoms with Crippen molar-refractivity contribution in [3.05, 3.63) is 29.8 Å². The first kappa shape index (κ1) is 11.9. The molecule has 4 N–H and O–H groups in total. The average molecular weight is 234 g/mol. The lowest BCUT2D eigenvalue weighted by Crippen LogP contribution is -2.45. The molecular weight excluding hydrogens is 216 g/mol. The number of aliphatic hydroxyl groups excluding tert-OH is 1. The van der Waals surface area contributed by atoms with Crippen LogP contribution < -0.4 is 11.1 Å². The predicted octanol–water partition coefficient (Wildman–Crippen LogP) is 1.30. The monoisotopic (exact) mass is 234 g/mol. The van der Waals surface area contributed by atoms with Crippen LogP contribution in [0.1, 0.15) is 36.0 Å². The molecular formula is C13H18N2O2. The Morgan fingerprint density at radius 1 is 1.35 bits per heavy atom. The minimum Gasteiger partial charge on any atom is -0.399 e. The minimum absolute atomic E-state index is 0.127. The van der Waals surface area contributed by atoms with Gasteiger partial charge in [-0.1, -0.05) is 18.9 Å². The number of rotatable bonds is 2. The summed E-state index contributed by atoms with van der Waals surface area (Å²) >= 11 is 0. The molecule has 1 aliphatic carbocycles. The first-order chi connectivity index (χ1) is 8.16. The van der Waals surface area contributed by atoms with Crippen LogP contribution in [-0.2, 0) is 0 Å². The van der Waals surface area contributed by atoms with Gasteiger partial charge in [0.05, 0.1) is 12.1 Å². The van der Waals surface area contributed by atoms with E-state index in [0.29, 0.717) is 11.3 Å². The van der Waals surface area contributed by atoms with Crippen molar-refractivity contribution in [1.29, 1.82) is 0 Å². The van der Waals surface area contributed by atoms with Gasteiger partial charge in [-0.15, -0.1) is 0 Å². The van der Waals surface area contributed by atoms with Gasteiger partial charge < -0.3 is 16.2 Å². The van der Waals surface area contributed by atoms with E-state index in [1.165, 1.54) is 0 Å². The van der Waals surface area contributed by atoms with Gasteiger partial charge in [0, 0.05) is 11.3 Å². The zero-order chi connectivity index (χ0) is 12.3. The topological polar surface area (TPSA) is 75.4 Å². The second-order valence-electron chi connectivity index (χ2n) is 4.56. The van der Waals surface area contributed by atoms with E-state index in [4.69, 9.17) is 5.73 Å². The predicted molar refractivity (Wildman–Crippen MR) is 66.6 cm³/mol. The molecule has 17 heavy (non-hydrogen) atoms. The molecule has 1 saturated carbocycles. The number of amides is 1. The molecule has 0 radical (unpaired) electrons. The number of hydrogen-bond donors (Lipinski definition) is 3. The van der Waals surface area contributed by atoms with Crippen molar-refractivity contribution in [3.63, 3.8) is 0 Å². The molecule has 0 bridgehead atoms. The lowest BCUT2D eigenvalue weighted by Gasteiger charge is -2.28. The molecule has 0 heterocycles. The van der Waals surface area contributed by atoms with Gasteiger partial charge in [-0.05, 0) is 31.0 Å². The summed E-state index contributed by atoms with van der Waals surface area (Å²) in [5.74, 6) is -0.164. The van der Waals surface area contributed by atoms with Crippen LogP contribution in [0.2, 0.25) is 0 Å². The highest BCUT2D eigenvalue weighted by molar-refractivity contribution is 5.95. The molecule has 0 saturated heterocycles. The molecule has 1 amide bonds. The summed E-state index contributed by atoms with van der Waals surface area (Å²) in [5, 5.41) is 12.6. The molecule has 2 rings (SSSR count). The summed E-state index contributed by atoms with van der Waals surface area (Å²) in [6.45, 7) is 0. The Kier molecular flexibility index (Phi) is 3.64. The molecule has 0 unspecified atom stereocenters. The fraction of sp³-hybridized carbons (Fsp3) is 0.462. The summed E-state index contributed by atoms with van der Waals surface area (Å²) in [6, 6.07) is 6.73. The standard InChI is InChI=1S/C13H18N2O2/c14-10-5-3-4-9(8-10)13(17)15-11-6-1-2-7-12(11)16/h3-5,8,11-12,16H,1-2,6-7,14H2,(H,15,17)/t11-,12-/m1/s1. The Morgan fingerprint density at radius 2 is 2.12 bits per heavy atom. The summed E-state index contributed by atoms with van der Waals surface area (Å²) in [7, 11) is 0.